The summed E-state index contributed by atoms with van der Waals surface area (Å²) in [5.74, 6) is 2.02. The molecule has 0 aliphatic heterocycles. The molecule has 2 aliphatic carbocycles. The molecule has 2 atom stereocenters. The van der Waals surface area contributed by atoms with Gasteiger partial charge in [0.2, 0.25) is 0 Å². The largest absolute Gasteiger partial charge is 0.292 e. The highest BCUT2D eigenvalue weighted by molar-refractivity contribution is 5.18. The van der Waals surface area contributed by atoms with Gasteiger partial charge in [0.15, 0.2) is 0 Å². The summed E-state index contributed by atoms with van der Waals surface area (Å²) in [6.07, 6.45) is 5.86. The van der Waals surface area contributed by atoms with Crippen LogP contribution < -0.4 is 0 Å². The lowest BCUT2D eigenvalue weighted by molar-refractivity contribution is 0.231. The van der Waals surface area contributed by atoms with Gasteiger partial charge in [-0.3, -0.25) is 4.90 Å². The van der Waals surface area contributed by atoms with Gasteiger partial charge in [0.1, 0.15) is 0 Å². The topological polar surface area (TPSA) is 3.24 Å². The zero-order valence-electron chi connectivity index (χ0n) is 13.2. The van der Waals surface area contributed by atoms with E-state index in [9.17, 15) is 0 Å². The minimum absolute atomic E-state index is 0.806. The van der Waals surface area contributed by atoms with Crippen molar-refractivity contribution in [3.63, 3.8) is 0 Å². The Morgan fingerprint density at radius 1 is 0.773 bits per heavy atom. The maximum absolute atomic E-state index is 2.71. The summed E-state index contributed by atoms with van der Waals surface area (Å²) < 4.78 is 0. The van der Waals surface area contributed by atoms with Crippen LogP contribution in [0.1, 0.15) is 36.8 Å². The van der Waals surface area contributed by atoms with E-state index in [0.717, 1.165) is 31.0 Å². The fourth-order valence-corrected chi connectivity index (χ4v) is 3.64. The molecule has 2 aromatic rings. The third kappa shape index (κ3) is 3.59. The second-order valence-corrected chi connectivity index (χ2v) is 7.12. The molecule has 0 spiro atoms. The predicted molar refractivity (Wildman–Crippen MR) is 91.4 cm³/mol. The summed E-state index contributed by atoms with van der Waals surface area (Å²) in [5.41, 5.74) is 2.88. The van der Waals surface area contributed by atoms with E-state index < -0.39 is 0 Å². The Bertz CT molecular complexity index is 546. The maximum Gasteiger partial charge on any atom is 0.0240 e. The first-order valence-corrected chi connectivity index (χ1v) is 8.70. The molecule has 2 fully saturated rings. The molecule has 2 aromatic carbocycles. The van der Waals surface area contributed by atoms with Crippen LogP contribution in [0.25, 0.3) is 0 Å². The Kier molecular flexibility index (Phi) is 3.99. The molecular weight excluding hydrogens is 266 g/mol. The van der Waals surface area contributed by atoms with Crippen molar-refractivity contribution in [1.82, 2.24) is 4.90 Å². The molecule has 0 unspecified atom stereocenters. The smallest absolute Gasteiger partial charge is 0.0240 e. The number of hydrogen-bond donors (Lipinski definition) is 0. The summed E-state index contributed by atoms with van der Waals surface area (Å²) >= 11 is 0. The van der Waals surface area contributed by atoms with Gasteiger partial charge in [-0.05, 0) is 35.8 Å². The lowest BCUT2D eigenvalue weighted by Crippen LogP contribution is -2.26. The number of nitrogens with zero attached hydrogens (tertiary/aromatic N) is 1. The van der Waals surface area contributed by atoms with Crippen LogP contribution in [0.15, 0.2) is 60.7 Å². The summed E-state index contributed by atoms with van der Waals surface area (Å²) in [7, 11) is 0. The van der Waals surface area contributed by atoms with Gasteiger partial charge in [-0.25, -0.2) is 0 Å². The minimum atomic E-state index is 0.806. The molecule has 22 heavy (non-hydrogen) atoms. The van der Waals surface area contributed by atoms with E-state index in [4.69, 9.17) is 0 Å². The van der Waals surface area contributed by atoms with Gasteiger partial charge in [0, 0.05) is 19.1 Å². The SMILES string of the molecule is c1ccc(CN(Cc2ccccc2)[C@H]2C[C@@H]2CC2CC2)cc1. The van der Waals surface area contributed by atoms with E-state index in [1.54, 1.807) is 0 Å². The molecule has 114 valence electrons. The Hall–Kier alpha value is -1.60. The van der Waals surface area contributed by atoms with E-state index >= 15 is 0 Å². The van der Waals surface area contributed by atoms with Gasteiger partial charge in [-0.2, -0.15) is 0 Å². The van der Waals surface area contributed by atoms with Crippen molar-refractivity contribution < 1.29 is 0 Å². The van der Waals surface area contributed by atoms with Gasteiger partial charge in [-0.15, -0.1) is 0 Å². The Morgan fingerprint density at radius 3 is 1.82 bits per heavy atom. The maximum atomic E-state index is 2.71. The third-order valence-corrected chi connectivity index (χ3v) is 5.14. The standard InChI is InChI=1S/C21H25N/c1-3-7-18(8-4-1)15-22(16-19-9-5-2-6-10-19)21-14-20(21)13-17-11-12-17/h1-10,17,20-21H,11-16H2/t20-,21-/m0/s1. The number of rotatable bonds is 7. The van der Waals surface area contributed by atoms with Gasteiger partial charge in [0.25, 0.3) is 0 Å². The molecule has 2 saturated carbocycles. The second kappa shape index (κ2) is 6.26. The Morgan fingerprint density at radius 2 is 1.32 bits per heavy atom. The molecule has 2 aliphatic rings. The van der Waals surface area contributed by atoms with Crippen LogP contribution in [0, 0.1) is 11.8 Å². The van der Waals surface area contributed by atoms with Crippen LogP contribution in [-0.4, -0.2) is 10.9 Å². The summed E-state index contributed by atoms with van der Waals surface area (Å²) in [6, 6.07) is 22.7. The van der Waals surface area contributed by atoms with Gasteiger partial charge >= 0.3 is 0 Å². The number of hydrogen-bond acceptors (Lipinski definition) is 1. The molecular formula is C21H25N. The van der Waals surface area contributed by atoms with E-state index in [2.05, 4.69) is 65.6 Å². The van der Waals surface area contributed by atoms with E-state index in [0.29, 0.717) is 0 Å². The first-order valence-electron chi connectivity index (χ1n) is 8.70. The van der Waals surface area contributed by atoms with Crippen molar-refractivity contribution in [2.45, 2.75) is 44.8 Å². The average molecular weight is 291 g/mol. The molecule has 0 saturated heterocycles. The Labute approximate surface area is 134 Å². The van der Waals surface area contributed by atoms with Gasteiger partial charge in [-0.1, -0.05) is 73.5 Å². The van der Waals surface area contributed by atoms with Crippen molar-refractivity contribution in [3.8, 4) is 0 Å². The highest BCUT2D eigenvalue weighted by atomic mass is 15.2. The monoisotopic (exact) mass is 291 g/mol. The summed E-state index contributed by atoms with van der Waals surface area (Å²) in [5, 5.41) is 0. The van der Waals surface area contributed by atoms with E-state index in [1.165, 1.54) is 36.8 Å². The third-order valence-electron chi connectivity index (χ3n) is 5.14. The average Bonchev–Trinajstić information content (AvgIpc) is 3.47. The van der Waals surface area contributed by atoms with Crippen molar-refractivity contribution in [2.24, 2.45) is 11.8 Å². The zero-order valence-corrected chi connectivity index (χ0v) is 13.2. The van der Waals surface area contributed by atoms with E-state index in [1.807, 2.05) is 0 Å². The molecule has 0 amide bonds. The van der Waals surface area contributed by atoms with E-state index in [-0.39, 0.29) is 0 Å². The Balaban J connectivity index is 1.45. The quantitative estimate of drug-likeness (QED) is 0.703. The van der Waals surface area contributed by atoms with Crippen LogP contribution in [0.3, 0.4) is 0 Å². The van der Waals surface area contributed by atoms with Crippen molar-refractivity contribution in [3.05, 3.63) is 71.8 Å². The molecule has 0 aromatic heterocycles. The van der Waals surface area contributed by atoms with Crippen LogP contribution in [0.4, 0.5) is 0 Å². The number of benzene rings is 2. The van der Waals surface area contributed by atoms with Crippen molar-refractivity contribution in [1.29, 1.82) is 0 Å². The lowest BCUT2D eigenvalue weighted by atomic mass is 10.1. The molecule has 0 radical (unpaired) electrons. The van der Waals surface area contributed by atoms with Gasteiger partial charge < -0.3 is 0 Å². The van der Waals surface area contributed by atoms with Crippen molar-refractivity contribution in [2.75, 3.05) is 0 Å². The normalized spacial score (nSPS) is 23.7. The fraction of sp³-hybridized carbons (Fsp3) is 0.429. The minimum Gasteiger partial charge on any atom is -0.292 e. The molecule has 0 heterocycles. The zero-order chi connectivity index (χ0) is 14.8. The highest BCUT2D eigenvalue weighted by Crippen LogP contribution is 2.47. The molecule has 1 nitrogen and oxygen atoms in total. The van der Waals surface area contributed by atoms with Crippen LogP contribution in [0.5, 0.6) is 0 Å². The van der Waals surface area contributed by atoms with Crippen LogP contribution in [0.2, 0.25) is 0 Å². The predicted octanol–water partition coefficient (Wildman–Crippen LogP) is 4.88. The highest BCUT2D eigenvalue weighted by Gasteiger charge is 2.44. The van der Waals surface area contributed by atoms with Crippen LogP contribution in [-0.2, 0) is 13.1 Å². The summed E-state index contributed by atoms with van der Waals surface area (Å²) in [4.78, 5) is 2.71. The summed E-state index contributed by atoms with van der Waals surface area (Å²) in [6.45, 7) is 2.17. The first kappa shape index (κ1) is 14.0. The van der Waals surface area contributed by atoms with Crippen molar-refractivity contribution >= 4 is 0 Å². The fourth-order valence-electron chi connectivity index (χ4n) is 3.64. The van der Waals surface area contributed by atoms with Crippen LogP contribution >= 0.6 is 0 Å². The lowest BCUT2D eigenvalue weighted by Gasteiger charge is -2.23. The molecule has 0 N–H and O–H groups in total. The molecule has 0 bridgehead atoms. The first-order chi connectivity index (χ1) is 10.9. The second-order valence-electron chi connectivity index (χ2n) is 7.12. The molecule has 4 rings (SSSR count). The molecule has 1 heteroatoms. The van der Waals surface area contributed by atoms with Gasteiger partial charge in [0.05, 0.1) is 0 Å².